The standard InChI is InChI=1S/C24H24N4O4S/c1-3-32-20(29)15-28-22(21(26-24(28)33)18-10-4-5-12-25-18)19-11-7-13-27(19)17-9-6-8-16(14-17)23(30)31-2/h4-14,21-22H,3,15H2,1-2H3,(H,26,33)/t21-,22-/m0/s1. The van der Waals surface area contributed by atoms with Crippen LogP contribution < -0.4 is 5.32 Å². The monoisotopic (exact) mass is 464 g/mol. The number of benzene rings is 1. The number of rotatable bonds is 7. The smallest absolute Gasteiger partial charge is 0.337 e. The van der Waals surface area contributed by atoms with Crippen LogP contribution in [0.5, 0.6) is 0 Å². The first kappa shape index (κ1) is 22.5. The van der Waals surface area contributed by atoms with E-state index in [-0.39, 0.29) is 31.2 Å². The van der Waals surface area contributed by atoms with Crippen molar-refractivity contribution < 1.29 is 19.1 Å². The summed E-state index contributed by atoms with van der Waals surface area (Å²) in [6, 6.07) is 16.1. The van der Waals surface area contributed by atoms with E-state index in [1.54, 1.807) is 31.3 Å². The highest BCUT2D eigenvalue weighted by atomic mass is 32.1. The Morgan fingerprint density at radius 2 is 2.00 bits per heavy atom. The molecule has 1 fully saturated rings. The maximum Gasteiger partial charge on any atom is 0.337 e. The molecular weight excluding hydrogens is 440 g/mol. The average molecular weight is 465 g/mol. The van der Waals surface area contributed by atoms with Crippen molar-refractivity contribution in [2.45, 2.75) is 19.0 Å². The van der Waals surface area contributed by atoms with Gasteiger partial charge in [0.25, 0.3) is 0 Å². The molecule has 0 unspecified atom stereocenters. The van der Waals surface area contributed by atoms with Gasteiger partial charge in [-0.1, -0.05) is 12.1 Å². The summed E-state index contributed by atoms with van der Waals surface area (Å²) in [5, 5.41) is 3.77. The van der Waals surface area contributed by atoms with Gasteiger partial charge in [-0.05, 0) is 61.6 Å². The van der Waals surface area contributed by atoms with Gasteiger partial charge in [0.15, 0.2) is 5.11 Å². The van der Waals surface area contributed by atoms with Gasteiger partial charge in [-0.2, -0.15) is 0 Å². The lowest BCUT2D eigenvalue weighted by Crippen LogP contribution is -2.36. The molecule has 3 aromatic rings. The molecule has 1 saturated heterocycles. The van der Waals surface area contributed by atoms with Crippen molar-refractivity contribution in [3.8, 4) is 5.69 Å². The van der Waals surface area contributed by atoms with Crippen molar-refractivity contribution in [2.75, 3.05) is 20.3 Å². The maximum atomic E-state index is 12.4. The van der Waals surface area contributed by atoms with Gasteiger partial charge < -0.3 is 24.3 Å². The molecule has 1 aromatic carbocycles. The first-order valence-corrected chi connectivity index (χ1v) is 10.9. The Bertz CT molecular complexity index is 1160. The van der Waals surface area contributed by atoms with E-state index in [4.69, 9.17) is 21.7 Å². The molecule has 2 aromatic heterocycles. The second-order valence-corrected chi connectivity index (χ2v) is 7.79. The summed E-state index contributed by atoms with van der Waals surface area (Å²) < 4.78 is 12.0. The number of nitrogens with zero attached hydrogens (tertiary/aromatic N) is 3. The lowest BCUT2D eigenvalue weighted by Gasteiger charge is -2.28. The van der Waals surface area contributed by atoms with Gasteiger partial charge in [0.05, 0.1) is 37.1 Å². The van der Waals surface area contributed by atoms with E-state index in [2.05, 4.69) is 10.3 Å². The van der Waals surface area contributed by atoms with E-state index in [0.29, 0.717) is 10.7 Å². The summed E-state index contributed by atoms with van der Waals surface area (Å²) in [7, 11) is 1.35. The Morgan fingerprint density at radius 1 is 1.15 bits per heavy atom. The van der Waals surface area contributed by atoms with Crippen LogP contribution in [0.2, 0.25) is 0 Å². The summed E-state index contributed by atoms with van der Waals surface area (Å²) in [4.78, 5) is 30.8. The fourth-order valence-electron chi connectivity index (χ4n) is 4.01. The maximum absolute atomic E-state index is 12.4. The van der Waals surface area contributed by atoms with Crippen molar-refractivity contribution >= 4 is 29.3 Å². The number of methoxy groups -OCH3 is 1. The fraction of sp³-hybridized carbons (Fsp3) is 0.250. The first-order chi connectivity index (χ1) is 16.0. The highest BCUT2D eigenvalue weighted by Gasteiger charge is 2.42. The van der Waals surface area contributed by atoms with E-state index in [1.165, 1.54) is 7.11 Å². The second-order valence-electron chi connectivity index (χ2n) is 7.40. The van der Waals surface area contributed by atoms with Crippen LogP contribution in [-0.2, 0) is 14.3 Å². The van der Waals surface area contributed by atoms with Gasteiger partial charge in [0.1, 0.15) is 6.54 Å². The van der Waals surface area contributed by atoms with Crippen LogP contribution in [0.1, 0.15) is 40.8 Å². The quantitative estimate of drug-likeness (QED) is 0.422. The predicted molar refractivity (Wildman–Crippen MR) is 126 cm³/mol. The predicted octanol–water partition coefficient (Wildman–Crippen LogP) is 3.19. The van der Waals surface area contributed by atoms with E-state index < -0.39 is 5.97 Å². The number of aromatic nitrogens is 2. The number of carbonyl (C=O) groups excluding carboxylic acids is 2. The number of carbonyl (C=O) groups is 2. The molecule has 9 heteroatoms. The number of pyridine rings is 1. The molecule has 0 spiro atoms. The minimum absolute atomic E-state index is 0.00105. The number of esters is 2. The summed E-state index contributed by atoms with van der Waals surface area (Å²) in [6.45, 7) is 2.06. The van der Waals surface area contributed by atoms with Gasteiger partial charge in [-0.25, -0.2) is 4.79 Å². The van der Waals surface area contributed by atoms with E-state index in [1.807, 2.05) is 52.1 Å². The summed E-state index contributed by atoms with van der Waals surface area (Å²) in [5.41, 5.74) is 2.91. The molecule has 33 heavy (non-hydrogen) atoms. The molecule has 2 atom stereocenters. The van der Waals surface area contributed by atoms with Crippen LogP contribution in [0, 0.1) is 0 Å². The lowest BCUT2D eigenvalue weighted by molar-refractivity contribution is -0.143. The van der Waals surface area contributed by atoms with Crippen LogP contribution >= 0.6 is 12.2 Å². The summed E-state index contributed by atoms with van der Waals surface area (Å²) in [5.74, 6) is -0.774. The molecule has 4 rings (SSSR count). The molecule has 0 bridgehead atoms. The highest BCUT2D eigenvalue weighted by Crippen LogP contribution is 2.39. The molecule has 1 N–H and O–H groups in total. The van der Waals surface area contributed by atoms with Crippen molar-refractivity contribution in [2.24, 2.45) is 0 Å². The average Bonchev–Trinajstić information content (AvgIpc) is 3.44. The van der Waals surface area contributed by atoms with E-state index in [9.17, 15) is 9.59 Å². The molecule has 8 nitrogen and oxygen atoms in total. The van der Waals surface area contributed by atoms with Crippen LogP contribution in [0.25, 0.3) is 5.69 Å². The van der Waals surface area contributed by atoms with Crippen molar-refractivity contribution in [3.05, 3.63) is 83.9 Å². The Labute approximate surface area is 197 Å². The Hall–Kier alpha value is -3.72. The Kier molecular flexibility index (Phi) is 6.69. The molecule has 3 heterocycles. The molecule has 170 valence electrons. The van der Waals surface area contributed by atoms with Crippen molar-refractivity contribution in [1.82, 2.24) is 19.8 Å². The molecule has 1 aliphatic rings. The molecular formula is C24H24N4O4S. The largest absolute Gasteiger partial charge is 0.465 e. The van der Waals surface area contributed by atoms with Gasteiger partial charge >= 0.3 is 11.9 Å². The van der Waals surface area contributed by atoms with Crippen LogP contribution in [-0.4, -0.2) is 51.8 Å². The lowest BCUT2D eigenvalue weighted by atomic mass is 10.0. The third kappa shape index (κ3) is 4.58. The number of thiocarbonyl (C=S) groups is 1. The van der Waals surface area contributed by atoms with Gasteiger partial charge in [0.2, 0.25) is 0 Å². The normalized spacial score (nSPS) is 17.5. The molecule has 0 saturated carbocycles. The van der Waals surface area contributed by atoms with Crippen LogP contribution in [0.15, 0.2) is 67.0 Å². The second kappa shape index (κ2) is 9.83. The third-order valence-electron chi connectivity index (χ3n) is 5.43. The number of hydrogen-bond donors (Lipinski definition) is 1. The number of hydrogen-bond acceptors (Lipinski definition) is 6. The molecule has 0 aliphatic carbocycles. The van der Waals surface area contributed by atoms with Gasteiger partial charge in [0, 0.05) is 23.8 Å². The summed E-state index contributed by atoms with van der Waals surface area (Å²) >= 11 is 5.61. The number of ether oxygens (including phenoxy) is 2. The van der Waals surface area contributed by atoms with E-state index in [0.717, 1.165) is 17.1 Å². The van der Waals surface area contributed by atoms with E-state index >= 15 is 0 Å². The Morgan fingerprint density at radius 3 is 2.73 bits per heavy atom. The molecule has 0 radical (unpaired) electrons. The topological polar surface area (TPSA) is 85.7 Å². The fourth-order valence-corrected chi connectivity index (χ4v) is 4.32. The summed E-state index contributed by atoms with van der Waals surface area (Å²) in [6.07, 6.45) is 3.63. The molecule has 1 aliphatic heterocycles. The minimum atomic E-state index is -0.412. The van der Waals surface area contributed by atoms with Crippen LogP contribution in [0.3, 0.4) is 0 Å². The van der Waals surface area contributed by atoms with Gasteiger partial charge in [-0.15, -0.1) is 0 Å². The van der Waals surface area contributed by atoms with Gasteiger partial charge in [-0.3, -0.25) is 9.78 Å². The first-order valence-electron chi connectivity index (χ1n) is 10.5. The minimum Gasteiger partial charge on any atom is -0.465 e. The third-order valence-corrected chi connectivity index (χ3v) is 5.78. The molecule has 0 amide bonds. The van der Waals surface area contributed by atoms with Crippen molar-refractivity contribution in [1.29, 1.82) is 0 Å². The Balaban J connectivity index is 1.78. The zero-order chi connectivity index (χ0) is 23.4. The van der Waals surface area contributed by atoms with Crippen LogP contribution in [0.4, 0.5) is 0 Å². The van der Waals surface area contributed by atoms with Crippen molar-refractivity contribution in [3.63, 3.8) is 0 Å². The zero-order valence-electron chi connectivity index (χ0n) is 18.3. The SMILES string of the molecule is CCOC(=O)CN1C(=S)N[C@@H](c2ccccn2)[C@@H]1c1cccn1-c1cccc(C(=O)OC)c1. The number of nitrogens with one attached hydrogen (secondary N) is 1. The highest BCUT2D eigenvalue weighted by molar-refractivity contribution is 7.80. The zero-order valence-corrected chi connectivity index (χ0v) is 19.1.